The van der Waals surface area contributed by atoms with E-state index in [4.69, 9.17) is 4.74 Å². The van der Waals surface area contributed by atoms with Crippen molar-refractivity contribution in [2.45, 2.75) is 17.7 Å². The van der Waals surface area contributed by atoms with Gasteiger partial charge < -0.3 is 10.1 Å². The number of carbonyl (C=O) groups is 1. The number of methoxy groups -OCH3 is 1. The summed E-state index contributed by atoms with van der Waals surface area (Å²) in [7, 11) is -2.05. The third-order valence-electron chi connectivity index (χ3n) is 5.12. The number of piperidine rings is 1. The maximum Gasteiger partial charge on any atom is 0.243 e. The minimum absolute atomic E-state index is 0.119. The third kappa shape index (κ3) is 4.22. The molecule has 0 radical (unpaired) electrons. The first kappa shape index (κ1) is 21.2. The maximum atomic E-state index is 12.9. The molecule has 0 aliphatic carbocycles. The van der Waals surface area contributed by atoms with Crippen LogP contribution in [0.5, 0.6) is 5.75 Å². The molecular formula is C20H20BrN3O4S2. The summed E-state index contributed by atoms with van der Waals surface area (Å²) in [6.45, 7) is 0.607. The van der Waals surface area contributed by atoms with Crippen molar-refractivity contribution in [3.63, 3.8) is 0 Å². The van der Waals surface area contributed by atoms with E-state index in [2.05, 4.69) is 26.2 Å². The lowest BCUT2D eigenvalue weighted by atomic mass is 9.97. The Balaban J connectivity index is 1.39. The molecule has 1 aliphatic rings. The van der Waals surface area contributed by atoms with E-state index in [-0.39, 0.29) is 16.7 Å². The molecule has 2 aromatic carbocycles. The van der Waals surface area contributed by atoms with Gasteiger partial charge >= 0.3 is 0 Å². The number of nitrogens with zero attached hydrogens (tertiary/aromatic N) is 2. The quantitative estimate of drug-likeness (QED) is 0.558. The Bertz CT molecular complexity index is 1170. The number of halogens is 1. The fourth-order valence-electron chi connectivity index (χ4n) is 3.43. The van der Waals surface area contributed by atoms with E-state index in [9.17, 15) is 13.2 Å². The number of ether oxygens (including phenoxy) is 1. The number of anilines is 1. The van der Waals surface area contributed by atoms with E-state index < -0.39 is 10.0 Å². The number of benzene rings is 2. The Labute approximate surface area is 187 Å². The lowest BCUT2D eigenvalue weighted by Crippen LogP contribution is -2.41. The molecule has 1 saturated heterocycles. The second-order valence-corrected chi connectivity index (χ2v) is 10.8. The summed E-state index contributed by atoms with van der Waals surface area (Å²) < 4.78 is 34.1. The SMILES string of the molecule is COc1ccc(S(=O)(=O)N2CCC(C(=O)Nc3nc4c(Br)cccc4s3)CC2)cc1. The average molecular weight is 510 g/mol. The third-order valence-corrected chi connectivity index (χ3v) is 8.61. The van der Waals surface area contributed by atoms with E-state index in [1.807, 2.05) is 18.2 Å². The number of hydrogen-bond donors (Lipinski definition) is 1. The van der Waals surface area contributed by atoms with Crippen LogP contribution in [0.2, 0.25) is 0 Å². The van der Waals surface area contributed by atoms with Gasteiger partial charge in [-0.1, -0.05) is 17.4 Å². The predicted molar refractivity (Wildman–Crippen MR) is 120 cm³/mol. The Kier molecular flexibility index (Phi) is 6.10. The Morgan fingerprint density at radius 3 is 2.53 bits per heavy atom. The smallest absolute Gasteiger partial charge is 0.243 e. The zero-order valence-electron chi connectivity index (χ0n) is 16.2. The molecule has 0 unspecified atom stereocenters. The van der Waals surface area contributed by atoms with Gasteiger partial charge in [-0.3, -0.25) is 4.79 Å². The number of carbonyl (C=O) groups excluding carboxylic acids is 1. The van der Waals surface area contributed by atoms with Crippen molar-refractivity contribution in [1.29, 1.82) is 0 Å². The highest BCUT2D eigenvalue weighted by Gasteiger charge is 2.32. The van der Waals surface area contributed by atoms with E-state index in [0.717, 1.165) is 14.7 Å². The lowest BCUT2D eigenvalue weighted by molar-refractivity contribution is -0.120. The van der Waals surface area contributed by atoms with E-state index >= 15 is 0 Å². The van der Waals surface area contributed by atoms with Crippen LogP contribution >= 0.6 is 27.3 Å². The van der Waals surface area contributed by atoms with Crippen LogP contribution in [-0.4, -0.2) is 43.8 Å². The second-order valence-electron chi connectivity index (χ2n) is 6.95. The zero-order valence-corrected chi connectivity index (χ0v) is 19.4. The van der Waals surface area contributed by atoms with Gasteiger partial charge in [-0.25, -0.2) is 13.4 Å². The molecule has 2 heterocycles. The number of para-hydroxylation sites is 1. The summed E-state index contributed by atoms with van der Waals surface area (Å²) in [6.07, 6.45) is 0.936. The molecule has 1 N–H and O–H groups in total. The molecule has 30 heavy (non-hydrogen) atoms. The van der Waals surface area contributed by atoms with Crippen LogP contribution < -0.4 is 10.1 Å². The number of fused-ring (bicyclic) bond motifs is 1. The van der Waals surface area contributed by atoms with Gasteiger partial charge in [0.05, 0.1) is 22.2 Å². The number of sulfonamides is 1. The van der Waals surface area contributed by atoms with Crippen molar-refractivity contribution in [2.24, 2.45) is 5.92 Å². The molecule has 1 amide bonds. The molecule has 3 aromatic rings. The van der Waals surface area contributed by atoms with Crippen LogP contribution in [0, 0.1) is 5.92 Å². The summed E-state index contributed by atoms with van der Waals surface area (Å²) in [5.41, 5.74) is 0.818. The summed E-state index contributed by atoms with van der Waals surface area (Å²) in [5, 5.41) is 3.44. The molecule has 1 fully saturated rings. The van der Waals surface area contributed by atoms with E-state index in [1.54, 1.807) is 12.1 Å². The summed E-state index contributed by atoms with van der Waals surface area (Å²) in [5.74, 6) is 0.237. The van der Waals surface area contributed by atoms with Crippen LogP contribution in [0.15, 0.2) is 51.8 Å². The number of hydrogen-bond acceptors (Lipinski definition) is 6. The number of nitrogens with one attached hydrogen (secondary N) is 1. The van der Waals surface area contributed by atoms with Gasteiger partial charge in [-0.15, -0.1) is 0 Å². The number of aromatic nitrogens is 1. The van der Waals surface area contributed by atoms with Gasteiger partial charge in [0.15, 0.2) is 5.13 Å². The number of thiazole rings is 1. The van der Waals surface area contributed by atoms with Crippen molar-refractivity contribution in [1.82, 2.24) is 9.29 Å². The van der Waals surface area contributed by atoms with Gasteiger partial charge in [0.25, 0.3) is 0 Å². The number of rotatable bonds is 5. The van der Waals surface area contributed by atoms with Gasteiger partial charge in [0.2, 0.25) is 15.9 Å². The van der Waals surface area contributed by atoms with Gasteiger partial charge in [-0.2, -0.15) is 4.31 Å². The minimum atomic E-state index is -3.59. The fourth-order valence-corrected chi connectivity index (χ4v) is 6.38. The minimum Gasteiger partial charge on any atom is -0.497 e. The Hall–Kier alpha value is -2.01. The highest BCUT2D eigenvalue weighted by molar-refractivity contribution is 9.10. The van der Waals surface area contributed by atoms with Gasteiger partial charge in [-0.05, 0) is 65.2 Å². The summed E-state index contributed by atoms with van der Waals surface area (Å²) in [4.78, 5) is 17.4. The van der Waals surface area contributed by atoms with Gasteiger partial charge in [0.1, 0.15) is 5.75 Å². The predicted octanol–water partition coefficient (Wildman–Crippen LogP) is 4.11. The van der Waals surface area contributed by atoms with Crippen LogP contribution in [-0.2, 0) is 14.8 Å². The first-order valence-electron chi connectivity index (χ1n) is 9.38. The average Bonchev–Trinajstić information content (AvgIpc) is 3.17. The molecule has 10 heteroatoms. The molecule has 1 aliphatic heterocycles. The maximum absolute atomic E-state index is 12.9. The van der Waals surface area contributed by atoms with Crippen molar-refractivity contribution in [2.75, 3.05) is 25.5 Å². The molecule has 0 saturated carbocycles. The Morgan fingerprint density at radius 2 is 1.90 bits per heavy atom. The molecule has 158 valence electrons. The normalized spacial score (nSPS) is 15.9. The topological polar surface area (TPSA) is 88.6 Å². The molecule has 0 atom stereocenters. The summed E-state index contributed by atoms with van der Waals surface area (Å²) >= 11 is 4.89. The van der Waals surface area contributed by atoms with Crippen molar-refractivity contribution in [3.05, 3.63) is 46.9 Å². The first-order chi connectivity index (χ1) is 14.4. The van der Waals surface area contributed by atoms with E-state index in [0.29, 0.717) is 36.8 Å². The second kappa shape index (κ2) is 8.62. The zero-order chi connectivity index (χ0) is 21.3. The number of amides is 1. The standard InChI is InChI=1S/C20H20BrN3O4S2/c1-28-14-5-7-15(8-6-14)30(26,27)24-11-9-13(10-12-24)19(25)23-20-22-18-16(21)3-2-4-17(18)29-20/h2-8,13H,9-12H2,1H3,(H,22,23,25). The van der Waals surface area contributed by atoms with Gasteiger partial charge in [0, 0.05) is 23.5 Å². The van der Waals surface area contributed by atoms with Crippen molar-refractivity contribution < 1.29 is 17.9 Å². The molecule has 0 bridgehead atoms. The molecular weight excluding hydrogens is 490 g/mol. The molecule has 4 rings (SSSR count). The fraction of sp³-hybridized carbons (Fsp3) is 0.300. The molecule has 1 aromatic heterocycles. The van der Waals surface area contributed by atoms with Crippen LogP contribution in [0.25, 0.3) is 10.2 Å². The first-order valence-corrected chi connectivity index (χ1v) is 12.4. The van der Waals surface area contributed by atoms with Crippen LogP contribution in [0.4, 0.5) is 5.13 Å². The van der Waals surface area contributed by atoms with Crippen LogP contribution in [0.1, 0.15) is 12.8 Å². The highest BCUT2D eigenvalue weighted by Crippen LogP contribution is 2.32. The highest BCUT2D eigenvalue weighted by atomic mass is 79.9. The monoisotopic (exact) mass is 509 g/mol. The lowest BCUT2D eigenvalue weighted by Gasteiger charge is -2.30. The van der Waals surface area contributed by atoms with Crippen molar-refractivity contribution in [3.8, 4) is 5.75 Å². The van der Waals surface area contributed by atoms with E-state index in [1.165, 1.54) is 34.9 Å². The van der Waals surface area contributed by atoms with Crippen LogP contribution in [0.3, 0.4) is 0 Å². The summed E-state index contributed by atoms with van der Waals surface area (Å²) in [6, 6.07) is 12.1. The van der Waals surface area contributed by atoms with Crippen molar-refractivity contribution >= 4 is 58.5 Å². The largest absolute Gasteiger partial charge is 0.497 e. The molecule has 0 spiro atoms. The Morgan fingerprint density at radius 1 is 1.20 bits per heavy atom. The molecule has 7 nitrogen and oxygen atoms in total.